The van der Waals surface area contributed by atoms with Crippen LogP contribution in [-0.4, -0.2) is 32.6 Å². The number of para-hydroxylation sites is 1. The number of anilines is 1. The van der Waals surface area contributed by atoms with Crippen molar-refractivity contribution in [3.63, 3.8) is 0 Å². The lowest BCUT2D eigenvalue weighted by atomic mass is 10.1. The Morgan fingerprint density at radius 2 is 1.75 bits per heavy atom. The van der Waals surface area contributed by atoms with Crippen LogP contribution in [0.4, 0.5) is 5.69 Å². The minimum absolute atomic E-state index is 0.149. The average molecular weight is 384 g/mol. The van der Waals surface area contributed by atoms with E-state index < -0.39 is 0 Å². The Morgan fingerprint density at radius 3 is 2.46 bits per heavy atom. The number of unbranched alkanes of at least 4 members (excludes halogenated alkanes) is 1. The quantitative estimate of drug-likeness (QED) is 0.611. The smallest absolute Gasteiger partial charge is 0.253 e. The molecule has 0 heterocycles. The molecule has 2 rings (SSSR count). The molecule has 2 amide bonds. The third-order valence-corrected chi connectivity index (χ3v) is 4.35. The number of amides is 2. The van der Waals surface area contributed by atoms with Crippen LogP contribution in [0.1, 0.15) is 42.1 Å². The van der Waals surface area contributed by atoms with E-state index in [0.29, 0.717) is 42.1 Å². The molecule has 6 heteroatoms. The van der Waals surface area contributed by atoms with Gasteiger partial charge in [-0.2, -0.15) is 0 Å². The molecule has 2 aromatic rings. The van der Waals surface area contributed by atoms with E-state index in [1.807, 2.05) is 18.2 Å². The molecule has 2 N–H and O–H groups in total. The van der Waals surface area contributed by atoms with Crippen molar-refractivity contribution in [3.05, 3.63) is 53.6 Å². The van der Waals surface area contributed by atoms with E-state index >= 15 is 0 Å². The first kappa shape index (κ1) is 21.3. The van der Waals surface area contributed by atoms with Gasteiger partial charge < -0.3 is 20.1 Å². The second-order valence-corrected chi connectivity index (χ2v) is 6.39. The summed E-state index contributed by atoms with van der Waals surface area (Å²) in [6.07, 6.45) is 2.78. The van der Waals surface area contributed by atoms with Gasteiger partial charge in [0.15, 0.2) is 11.5 Å². The number of methoxy groups -OCH3 is 2. The summed E-state index contributed by atoms with van der Waals surface area (Å²) in [5.41, 5.74) is 1.96. The van der Waals surface area contributed by atoms with Crippen LogP contribution < -0.4 is 20.1 Å². The zero-order valence-electron chi connectivity index (χ0n) is 16.7. The van der Waals surface area contributed by atoms with Crippen LogP contribution in [0.5, 0.6) is 11.5 Å². The number of nitrogens with one attached hydrogen (secondary N) is 2. The third-order valence-electron chi connectivity index (χ3n) is 4.35. The average Bonchev–Trinajstić information content (AvgIpc) is 2.72. The minimum Gasteiger partial charge on any atom is -0.493 e. The number of hydrogen-bond donors (Lipinski definition) is 2. The van der Waals surface area contributed by atoms with E-state index in [0.717, 1.165) is 18.4 Å². The Balaban J connectivity index is 1.97. The van der Waals surface area contributed by atoms with E-state index in [9.17, 15) is 9.59 Å². The number of rotatable bonds is 10. The molecule has 0 unspecified atom stereocenters. The van der Waals surface area contributed by atoms with Crippen molar-refractivity contribution in [2.45, 2.75) is 32.6 Å². The summed E-state index contributed by atoms with van der Waals surface area (Å²) in [6, 6.07) is 12.6. The number of carbonyl (C=O) groups is 2. The van der Waals surface area contributed by atoms with Gasteiger partial charge in [-0.3, -0.25) is 9.59 Å². The Kier molecular flexibility index (Phi) is 8.34. The molecular formula is C22H28N2O4. The van der Waals surface area contributed by atoms with Gasteiger partial charge >= 0.3 is 0 Å². The lowest BCUT2D eigenvalue weighted by molar-refractivity contribution is -0.116. The van der Waals surface area contributed by atoms with E-state index in [4.69, 9.17) is 9.47 Å². The van der Waals surface area contributed by atoms with Gasteiger partial charge in [-0.1, -0.05) is 31.5 Å². The van der Waals surface area contributed by atoms with Crippen LogP contribution >= 0.6 is 0 Å². The molecule has 0 bridgehead atoms. The maximum Gasteiger partial charge on any atom is 0.253 e. The van der Waals surface area contributed by atoms with E-state index in [-0.39, 0.29) is 11.8 Å². The fourth-order valence-electron chi connectivity index (χ4n) is 2.77. The van der Waals surface area contributed by atoms with Crippen molar-refractivity contribution < 1.29 is 19.1 Å². The second kappa shape index (κ2) is 11.0. The molecule has 2 aromatic carbocycles. The van der Waals surface area contributed by atoms with E-state index in [1.165, 1.54) is 0 Å². The lowest BCUT2D eigenvalue weighted by Gasteiger charge is -2.12. The molecule has 0 spiro atoms. The van der Waals surface area contributed by atoms with Crippen LogP contribution in [0.25, 0.3) is 0 Å². The maximum absolute atomic E-state index is 12.4. The van der Waals surface area contributed by atoms with Gasteiger partial charge in [0, 0.05) is 13.0 Å². The molecular weight excluding hydrogens is 356 g/mol. The topological polar surface area (TPSA) is 76.7 Å². The van der Waals surface area contributed by atoms with Gasteiger partial charge in [-0.15, -0.1) is 0 Å². The number of hydrogen-bond acceptors (Lipinski definition) is 4. The predicted octanol–water partition coefficient (Wildman–Crippen LogP) is 3.81. The van der Waals surface area contributed by atoms with Crippen molar-refractivity contribution >= 4 is 17.5 Å². The highest BCUT2D eigenvalue weighted by Gasteiger charge is 2.13. The van der Waals surface area contributed by atoms with Crippen molar-refractivity contribution in [2.24, 2.45) is 0 Å². The van der Waals surface area contributed by atoms with E-state index in [2.05, 4.69) is 17.6 Å². The number of carbonyl (C=O) groups excluding carboxylic acids is 2. The fraction of sp³-hybridized carbons (Fsp3) is 0.364. The zero-order chi connectivity index (χ0) is 20.4. The zero-order valence-corrected chi connectivity index (χ0v) is 16.7. The fourth-order valence-corrected chi connectivity index (χ4v) is 2.77. The second-order valence-electron chi connectivity index (χ2n) is 6.39. The Hall–Kier alpha value is -3.02. The predicted molar refractivity (Wildman–Crippen MR) is 110 cm³/mol. The molecule has 0 atom stereocenters. The minimum atomic E-state index is -0.177. The maximum atomic E-state index is 12.4. The van der Waals surface area contributed by atoms with Gasteiger partial charge in [0.2, 0.25) is 5.91 Å². The molecule has 0 saturated heterocycles. The molecule has 0 radical (unpaired) electrons. The van der Waals surface area contributed by atoms with Crippen molar-refractivity contribution in [2.75, 3.05) is 26.1 Å². The number of aryl methyl sites for hydroxylation is 1. The SMILES string of the molecule is CCCCNC(=O)c1ccccc1NC(=O)CCc1ccc(OC)c(OC)c1. The van der Waals surface area contributed by atoms with Crippen LogP contribution in [0.3, 0.4) is 0 Å². The van der Waals surface area contributed by atoms with Gasteiger partial charge in [0.25, 0.3) is 5.91 Å². The first-order chi connectivity index (χ1) is 13.6. The summed E-state index contributed by atoms with van der Waals surface area (Å²) in [6.45, 7) is 2.69. The van der Waals surface area contributed by atoms with Gasteiger partial charge in [-0.25, -0.2) is 0 Å². The highest BCUT2D eigenvalue weighted by atomic mass is 16.5. The molecule has 0 saturated carbocycles. The summed E-state index contributed by atoms with van der Waals surface area (Å²) < 4.78 is 10.5. The molecule has 28 heavy (non-hydrogen) atoms. The van der Waals surface area contributed by atoms with Crippen LogP contribution in [-0.2, 0) is 11.2 Å². The summed E-state index contributed by atoms with van der Waals surface area (Å²) in [5.74, 6) is 0.959. The largest absolute Gasteiger partial charge is 0.493 e. The van der Waals surface area contributed by atoms with Gasteiger partial charge in [0.1, 0.15) is 0 Å². The molecule has 0 aliphatic carbocycles. The molecule has 0 aliphatic rings. The summed E-state index contributed by atoms with van der Waals surface area (Å²) in [7, 11) is 3.16. The highest BCUT2D eigenvalue weighted by molar-refractivity contribution is 6.03. The first-order valence-electron chi connectivity index (χ1n) is 9.47. The van der Waals surface area contributed by atoms with Crippen molar-refractivity contribution in [1.29, 1.82) is 0 Å². The molecule has 0 fully saturated rings. The Labute approximate surface area is 166 Å². The monoisotopic (exact) mass is 384 g/mol. The Morgan fingerprint density at radius 1 is 1.00 bits per heavy atom. The van der Waals surface area contributed by atoms with Crippen LogP contribution in [0.15, 0.2) is 42.5 Å². The number of benzene rings is 2. The lowest BCUT2D eigenvalue weighted by Crippen LogP contribution is -2.26. The third kappa shape index (κ3) is 6.01. The standard InChI is InChI=1S/C22H28N2O4/c1-4-5-14-23-22(26)17-8-6-7-9-18(17)24-21(25)13-11-16-10-12-19(27-2)20(15-16)28-3/h6-10,12,15H,4-5,11,13-14H2,1-3H3,(H,23,26)(H,24,25). The summed E-state index contributed by atoms with van der Waals surface area (Å²) in [5, 5.41) is 5.73. The van der Waals surface area contributed by atoms with Crippen LogP contribution in [0, 0.1) is 0 Å². The van der Waals surface area contributed by atoms with Gasteiger partial charge in [0.05, 0.1) is 25.5 Å². The normalized spacial score (nSPS) is 10.2. The molecule has 6 nitrogen and oxygen atoms in total. The summed E-state index contributed by atoms with van der Waals surface area (Å²) >= 11 is 0. The molecule has 0 aromatic heterocycles. The Bertz CT molecular complexity index is 805. The first-order valence-corrected chi connectivity index (χ1v) is 9.47. The van der Waals surface area contributed by atoms with Crippen LogP contribution in [0.2, 0.25) is 0 Å². The molecule has 150 valence electrons. The summed E-state index contributed by atoms with van der Waals surface area (Å²) in [4.78, 5) is 24.7. The van der Waals surface area contributed by atoms with E-state index in [1.54, 1.807) is 38.5 Å². The molecule has 0 aliphatic heterocycles. The van der Waals surface area contributed by atoms with Crippen molar-refractivity contribution in [3.8, 4) is 11.5 Å². The van der Waals surface area contributed by atoms with Gasteiger partial charge in [-0.05, 0) is 42.7 Å². The number of ether oxygens (including phenoxy) is 2. The highest BCUT2D eigenvalue weighted by Crippen LogP contribution is 2.28. The van der Waals surface area contributed by atoms with Crippen molar-refractivity contribution in [1.82, 2.24) is 5.32 Å².